The molecule has 0 spiro atoms. The number of aromatic amines is 1. The molecule has 0 saturated carbocycles. The summed E-state index contributed by atoms with van der Waals surface area (Å²) in [6.45, 7) is 2.00. The minimum absolute atomic E-state index is 0.898. The van der Waals surface area contributed by atoms with Crippen molar-refractivity contribution in [2.45, 2.75) is 6.92 Å². The molecule has 0 radical (unpaired) electrons. The fourth-order valence-corrected chi connectivity index (χ4v) is 2.15. The summed E-state index contributed by atoms with van der Waals surface area (Å²) < 4.78 is 5.39. The highest BCUT2D eigenvalue weighted by molar-refractivity contribution is 6.10. The lowest BCUT2D eigenvalue weighted by molar-refractivity contribution is 0.420. The van der Waals surface area contributed by atoms with Crippen LogP contribution >= 0.6 is 0 Å². The molecule has 2 heterocycles. The normalized spacial score (nSPS) is 11.1. The molecule has 16 heavy (non-hydrogen) atoms. The highest BCUT2D eigenvalue weighted by Gasteiger charge is 2.10. The highest BCUT2D eigenvalue weighted by Crippen LogP contribution is 2.33. The Hall–Kier alpha value is -2.03. The Morgan fingerprint density at radius 1 is 1.25 bits per heavy atom. The van der Waals surface area contributed by atoms with Crippen LogP contribution in [0.5, 0.6) is 5.75 Å². The maximum Gasteiger partial charge on any atom is 0.128 e. The number of methoxy groups -OCH3 is 1. The van der Waals surface area contributed by atoms with Gasteiger partial charge in [-0.3, -0.25) is 4.98 Å². The molecule has 3 nitrogen and oxygen atoms in total. The van der Waals surface area contributed by atoms with E-state index in [2.05, 4.69) is 16.0 Å². The van der Waals surface area contributed by atoms with Gasteiger partial charge in [-0.25, -0.2) is 0 Å². The van der Waals surface area contributed by atoms with Gasteiger partial charge in [0, 0.05) is 17.0 Å². The molecule has 3 rings (SSSR count). The second-order valence-electron chi connectivity index (χ2n) is 3.83. The molecule has 1 N–H and O–H groups in total. The minimum atomic E-state index is 0.898. The number of aryl methyl sites for hydroxylation is 1. The van der Waals surface area contributed by atoms with E-state index in [-0.39, 0.29) is 0 Å². The lowest BCUT2D eigenvalue weighted by Gasteiger charge is -2.01. The zero-order valence-corrected chi connectivity index (χ0v) is 9.24. The van der Waals surface area contributed by atoms with Crippen LogP contribution in [-0.2, 0) is 0 Å². The number of hydrogen-bond donors (Lipinski definition) is 1. The van der Waals surface area contributed by atoms with Crippen LogP contribution in [0.25, 0.3) is 21.8 Å². The van der Waals surface area contributed by atoms with Crippen molar-refractivity contribution in [3.05, 3.63) is 36.2 Å². The first-order valence-electron chi connectivity index (χ1n) is 5.21. The fraction of sp³-hybridized carbons (Fsp3) is 0.154. The molecule has 3 heteroatoms. The zero-order valence-electron chi connectivity index (χ0n) is 9.24. The van der Waals surface area contributed by atoms with Gasteiger partial charge in [-0.05, 0) is 25.1 Å². The van der Waals surface area contributed by atoms with Gasteiger partial charge in [-0.15, -0.1) is 0 Å². The lowest BCUT2D eigenvalue weighted by Crippen LogP contribution is -1.83. The van der Waals surface area contributed by atoms with E-state index in [9.17, 15) is 0 Å². The molecule has 0 aliphatic carbocycles. The van der Waals surface area contributed by atoms with E-state index in [4.69, 9.17) is 4.74 Å². The Bertz CT molecular complexity index is 670. The van der Waals surface area contributed by atoms with Crippen molar-refractivity contribution in [3.63, 3.8) is 0 Å². The molecule has 0 aliphatic rings. The van der Waals surface area contributed by atoms with Gasteiger partial charge in [0.25, 0.3) is 0 Å². The second kappa shape index (κ2) is 3.23. The monoisotopic (exact) mass is 212 g/mol. The highest BCUT2D eigenvalue weighted by atomic mass is 16.5. The predicted octanol–water partition coefficient (Wildman–Crippen LogP) is 3.03. The Morgan fingerprint density at radius 2 is 2.12 bits per heavy atom. The molecule has 0 aliphatic heterocycles. The van der Waals surface area contributed by atoms with Crippen LogP contribution in [0.2, 0.25) is 0 Å². The van der Waals surface area contributed by atoms with Crippen molar-refractivity contribution in [2.75, 3.05) is 7.11 Å². The van der Waals surface area contributed by atoms with Crippen LogP contribution in [-0.4, -0.2) is 17.1 Å². The van der Waals surface area contributed by atoms with Gasteiger partial charge in [-0.1, -0.05) is 6.07 Å². The SMILES string of the molecule is COc1cccc2[nH]c3c(C)nccc3c12. The standard InChI is InChI=1S/C13H12N2O/c1-8-13-9(6-7-14-8)12-10(15-13)4-3-5-11(12)16-2/h3-7,15H,1-2H3. The minimum Gasteiger partial charge on any atom is -0.496 e. The number of rotatable bonds is 1. The predicted molar refractivity (Wildman–Crippen MR) is 64.9 cm³/mol. The zero-order chi connectivity index (χ0) is 11.1. The van der Waals surface area contributed by atoms with Crippen molar-refractivity contribution < 1.29 is 4.74 Å². The van der Waals surface area contributed by atoms with Crippen molar-refractivity contribution >= 4 is 21.8 Å². The Kier molecular flexibility index (Phi) is 1.86. The quantitative estimate of drug-likeness (QED) is 0.673. The van der Waals surface area contributed by atoms with E-state index in [0.717, 1.165) is 27.9 Å². The van der Waals surface area contributed by atoms with E-state index >= 15 is 0 Å². The number of ether oxygens (including phenoxy) is 1. The average molecular weight is 212 g/mol. The van der Waals surface area contributed by atoms with Crippen LogP contribution < -0.4 is 4.74 Å². The van der Waals surface area contributed by atoms with Crippen molar-refractivity contribution in [1.82, 2.24) is 9.97 Å². The fourth-order valence-electron chi connectivity index (χ4n) is 2.15. The summed E-state index contributed by atoms with van der Waals surface area (Å²) in [6, 6.07) is 8.03. The van der Waals surface area contributed by atoms with E-state index in [1.807, 2.05) is 31.3 Å². The summed E-state index contributed by atoms with van der Waals surface area (Å²) in [5.41, 5.74) is 3.18. The third-order valence-corrected chi connectivity index (χ3v) is 2.92. The van der Waals surface area contributed by atoms with Gasteiger partial charge in [0.15, 0.2) is 0 Å². The van der Waals surface area contributed by atoms with E-state index in [1.165, 1.54) is 5.39 Å². The molecular weight excluding hydrogens is 200 g/mol. The summed E-state index contributed by atoms with van der Waals surface area (Å²) in [7, 11) is 1.70. The molecule has 3 aromatic rings. The number of aromatic nitrogens is 2. The van der Waals surface area contributed by atoms with Gasteiger partial charge >= 0.3 is 0 Å². The topological polar surface area (TPSA) is 37.9 Å². The van der Waals surface area contributed by atoms with Crippen LogP contribution in [0.15, 0.2) is 30.5 Å². The van der Waals surface area contributed by atoms with Crippen LogP contribution in [0.4, 0.5) is 0 Å². The van der Waals surface area contributed by atoms with Gasteiger partial charge in [-0.2, -0.15) is 0 Å². The molecule has 0 amide bonds. The largest absolute Gasteiger partial charge is 0.496 e. The van der Waals surface area contributed by atoms with E-state index in [1.54, 1.807) is 7.11 Å². The van der Waals surface area contributed by atoms with E-state index in [0.29, 0.717) is 0 Å². The summed E-state index contributed by atoms with van der Waals surface area (Å²) in [5, 5.41) is 2.30. The molecule has 1 aromatic carbocycles. The maximum absolute atomic E-state index is 5.39. The van der Waals surface area contributed by atoms with Gasteiger partial charge in [0.2, 0.25) is 0 Å². The maximum atomic E-state index is 5.39. The number of nitrogens with zero attached hydrogens (tertiary/aromatic N) is 1. The lowest BCUT2D eigenvalue weighted by atomic mass is 10.1. The number of nitrogens with one attached hydrogen (secondary N) is 1. The summed E-state index contributed by atoms with van der Waals surface area (Å²) in [5.74, 6) is 0.898. The third kappa shape index (κ3) is 1.11. The van der Waals surface area contributed by atoms with Gasteiger partial charge in [0.05, 0.1) is 23.8 Å². The van der Waals surface area contributed by atoms with Gasteiger partial charge < -0.3 is 9.72 Å². The first-order valence-corrected chi connectivity index (χ1v) is 5.21. The average Bonchev–Trinajstić information content (AvgIpc) is 2.69. The third-order valence-electron chi connectivity index (χ3n) is 2.92. The molecule has 2 aromatic heterocycles. The van der Waals surface area contributed by atoms with Crippen LogP contribution in [0.3, 0.4) is 0 Å². The smallest absolute Gasteiger partial charge is 0.128 e. The van der Waals surface area contributed by atoms with E-state index < -0.39 is 0 Å². The Morgan fingerprint density at radius 3 is 2.94 bits per heavy atom. The van der Waals surface area contributed by atoms with Crippen molar-refractivity contribution in [2.24, 2.45) is 0 Å². The molecular formula is C13H12N2O. The first kappa shape index (κ1) is 9.21. The van der Waals surface area contributed by atoms with Gasteiger partial charge in [0.1, 0.15) is 5.75 Å². The summed E-state index contributed by atoms with van der Waals surface area (Å²) >= 11 is 0. The number of hydrogen-bond acceptors (Lipinski definition) is 2. The molecule has 0 saturated heterocycles. The molecule has 80 valence electrons. The number of benzene rings is 1. The van der Waals surface area contributed by atoms with Crippen LogP contribution in [0, 0.1) is 6.92 Å². The Labute approximate surface area is 93.1 Å². The molecule has 0 fully saturated rings. The van der Waals surface area contributed by atoms with Crippen molar-refractivity contribution in [1.29, 1.82) is 0 Å². The number of fused-ring (bicyclic) bond motifs is 3. The second-order valence-corrected chi connectivity index (χ2v) is 3.83. The molecule has 0 unspecified atom stereocenters. The summed E-state index contributed by atoms with van der Waals surface area (Å²) in [4.78, 5) is 7.66. The van der Waals surface area contributed by atoms with Crippen LogP contribution in [0.1, 0.15) is 5.69 Å². The number of H-pyrrole nitrogens is 1. The molecule has 0 atom stereocenters. The summed E-state index contributed by atoms with van der Waals surface area (Å²) in [6.07, 6.45) is 1.83. The first-order chi connectivity index (χ1) is 7.81. The number of pyridine rings is 1. The van der Waals surface area contributed by atoms with Crippen molar-refractivity contribution in [3.8, 4) is 5.75 Å². The molecule has 0 bridgehead atoms. The Balaban J connectivity index is 2.57.